The fraction of sp³-hybridized carbons (Fsp3) is 0.182. The molecular formula is C11H8F3NO3S. The molecule has 0 spiro atoms. The van der Waals surface area contributed by atoms with E-state index in [1.54, 1.807) is 0 Å². The Hall–Kier alpha value is -1.83. The van der Waals surface area contributed by atoms with Crippen LogP contribution in [0.4, 0.5) is 13.2 Å². The third-order valence-corrected chi connectivity index (χ3v) is 3.54. The molecule has 0 unspecified atom stereocenters. The quantitative estimate of drug-likeness (QED) is 0.799. The molecule has 0 bridgehead atoms. The van der Waals surface area contributed by atoms with Gasteiger partial charge in [-0.05, 0) is 19.1 Å². The predicted octanol–water partition coefficient (Wildman–Crippen LogP) is 2.73. The summed E-state index contributed by atoms with van der Waals surface area (Å²) in [6.07, 6.45) is -4.64. The van der Waals surface area contributed by atoms with Gasteiger partial charge < -0.3 is 4.74 Å². The van der Waals surface area contributed by atoms with Crippen LogP contribution in [0, 0.1) is 0 Å². The first-order chi connectivity index (χ1) is 8.70. The van der Waals surface area contributed by atoms with Gasteiger partial charge in [0.25, 0.3) is 9.84 Å². The number of para-hydroxylation sites is 1. The van der Waals surface area contributed by atoms with E-state index >= 15 is 0 Å². The standard InChI is InChI=1S/C11H8F3NO3S/c1-7-6-19(16,17)10(15-7)18-9-5-3-2-4-8(9)11(12,13)14/h2-6H,1H3. The number of ether oxygens (including phenoxy) is 1. The smallest absolute Gasteiger partial charge is 0.419 e. The number of sulfone groups is 1. The number of nitrogens with zero attached hydrogens (tertiary/aromatic N) is 1. The molecule has 4 nitrogen and oxygen atoms in total. The van der Waals surface area contributed by atoms with E-state index in [4.69, 9.17) is 4.74 Å². The average Bonchev–Trinajstić information content (AvgIpc) is 2.51. The van der Waals surface area contributed by atoms with Gasteiger partial charge >= 0.3 is 11.4 Å². The number of hydrogen-bond acceptors (Lipinski definition) is 4. The Kier molecular flexibility index (Phi) is 3.13. The molecule has 0 atom stereocenters. The fourth-order valence-corrected chi connectivity index (χ4v) is 2.55. The Morgan fingerprint density at radius 1 is 1.21 bits per heavy atom. The molecule has 102 valence electrons. The molecule has 0 fully saturated rings. The molecule has 0 saturated heterocycles. The number of aliphatic imine (C=N–C) groups is 1. The maximum Gasteiger partial charge on any atom is 0.419 e. The fourth-order valence-electron chi connectivity index (χ4n) is 1.47. The number of hydrogen-bond donors (Lipinski definition) is 0. The van der Waals surface area contributed by atoms with E-state index in [-0.39, 0.29) is 5.70 Å². The zero-order chi connectivity index (χ0) is 14.3. The summed E-state index contributed by atoms with van der Waals surface area (Å²) < 4.78 is 66.0. The Bertz CT molecular complexity index is 675. The summed E-state index contributed by atoms with van der Waals surface area (Å²) in [7, 11) is -3.90. The van der Waals surface area contributed by atoms with E-state index in [9.17, 15) is 21.6 Å². The molecular weight excluding hydrogens is 283 g/mol. The van der Waals surface area contributed by atoms with Gasteiger partial charge in [0.15, 0.2) is 0 Å². The molecule has 2 rings (SSSR count). The second kappa shape index (κ2) is 4.37. The van der Waals surface area contributed by atoms with Gasteiger partial charge in [-0.1, -0.05) is 12.1 Å². The van der Waals surface area contributed by atoms with Gasteiger partial charge in [-0.2, -0.15) is 13.2 Å². The first-order valence-electron chi connectivity index (χ1n) is 5.06. The van der Waals surface area contributed by atoms with Gasteiger partial charge in [0.05, 0.1) is 16.7 Å². The number of benzene rings is 1. The second-order valence-corrected chi connectivity index (χ2v) is 5.45. The SMILES string of the molecule is CC1=CS(=O)(=O)C(Oc2ccccc2C(F)(F)F)=N1. The maximum absolute atomic E-state index is 12.7. The van der Waals surface area contributed by atoms with Gasteiger partial charge in [0, 0.05) is 0 Å². The first-order valence-corrected chi connectivity index (χ1v) is 6.61. The highest BCUT2D eigenvalue weighted by molar-refractivity contribution is 8.08. The Morgan fingerprint density at radius 2 is 1.84 bits per heavy atom. The largest absolute Gasteiger partial charge is 0.429 e. The van der Waals surface area contributed by atoms with E-state index in [0.717, 1.165) is 17.5 Å². The average molecular weight is 291 g/mol. The number of rotatable bonds is 1. The summed E-state index contributed by atoms with van der Waals surface area (Å²) >= 11 is 0. The molecule has 8 heteroatoms. The van der Waals surface area contributed by atoms with Crippen molar-refractivity contribution in [2.24, 2.45) is 4.99 Å². The molecule has 1 aliphatic heterocycles. The molecule has 1 aromatic rings. The second-order valence-electron chi connectivity index (χ2n) is 3.78. The van der Waals surface area contributed by atoms with E-state index in [1.165, 1.54) is 19.1 Å². The predicted molar refractivity (Wildman–Crippen MR) is 62.2 cm³/mol. The highest BCUT2D eigenvalue weighted by Gasteiger charge is 2.36. The van der Waals surface area contributed by atoms with Crippen molar-refractivity contribution in [1.29, 1.82) is 0 Å². The molecule has 0 radical (unpaired) electrons. The van der Waals surface area contributed by atoms with Gasteiger partial charge in [0.2, 0.25) is 0 Å². The van der Waals surface area contributed by atoms with Crippen molar-refractivity contribution in [3.63, 3.8) is 0 Å². The summed E-state index contributed by atoms with van der Waals surface area (Å²) in [5.74, 6) is -0.597. The molecule has 0 N–H and O–H groups in total. The minimum Gasteiger partial charge on any atom is -0.429 e. The maximum atomic E-state index is 12.7. The molecule has 1 heterocycles. The normalized spacial score (nSPS) is 17.9. The molecule has 0 amide bonds. The van der Waals surface area contributed by atoms with E-state index in [0.29, 0.717) is 0 Å². The summed E-state index contributed by atoms with van der Waals surface area (Å²) in [4.78, 5) is 3.56. The van der Waals surface area contributed by atoms with E-state index in [2.05, 4.69) is 4.99 Å². The van der Waals surface area contributed by atoms with Crippen molar-refractivity contribution in [2.45, 2.75) is 13.1 Å². The van der Waals surface area contributed by atoms with Crippen LogP contribution in [0.25, 0.3) is 0 Å². The minimum atomic E-state index is -4.64. The van der Waals surface area contributed by atoms with Crippen molar-refractivity contribution in [1.82, 2.24) is 0 Å². The third-order valence-electron chi connectivity index (χ3n) is 2.23. The van der Waals surface area contributed by atoms with Crippen molar-refractivity contribution in [3.8, 4) is 5.75 Å². The molecule has 19 heavy (non-hydrogen) atoms. The van der Waals surface area contributed by atoms with Crippen molar-refractivity contribution in [2.75, 3.05) is 0 Å². The van der Waals surface area contributed by atoms with Crippen molar-refractivity contribution >= 4 is 15.1 Å². The van der Waals surface area contributed by atoms with Crippen molar-refractivity contribution < 1.29 is 26.3 Å². The van der Waals surface area contributed by atoms with Crippen LogP contribution in [0.2, 0.25) is 0 Å². The summed E-state index contributed by atoms with van der Waals surface area (Å²) in [5, 5.41) is 0.0835. The highest BCUT2D eigenvalue weighted by atomic mass is 32.2. The van der Waals surface area contributed by atoms with Crippen LogP contribution in [-0.2, 0) is 16.0 Å². The lowest BCUT2D eigenvalue weighted by Crippen LogP contribution is -2.18. The van der Waals surface area contributed by atoms with Crippen LogP contribution in [0.1, 0.15) is 12.5 Å². The molecule has 0 aromatic heterocycles. The van der Waals surface area contributed by atoms with E-state index in [1.807, 2.05) is 0 Å². The summed E-state index contributed by atoms with van der Waals surface area (Å²) in [6, 6.07) is 4.34. The Labute approximate surface area is 107 Å². The summed E-state index contributed by atoms with van der Waals surface area (Å²) in [5.41, 5.74) is -0.906. The molecule has 0 aliphatic carbocycles. The van der Waals surface area contributed by atoms with Crippen LogP contribution < -0.4 is 4.74 Å². The van der Waals surface area contributed by atoms with Gasteiger partial charge in [-0.15, -0.1) is 0 Å². The zero-order valence-electron chi connectivity index (χ0n) is 9.60. The highest BCUT2D eigenvalue weighted by Crippen LogP contribution is 2.36. The number of allylic oxidation sites excluding steroid dienone is 1. The van der Waals surface area contributed by atoms with Crippen LogP contribution in [0.5, 0.6) is 5.75 Å². The minimum absolute atomic E-state index is 0.152. The number of halogens is 3. The van der Waals surface area contributed by atoms with Gasteiger partial charge in [-0.25, -0.2) is 13.4 Å². The van der Waals surface area contributed by atoms with Crippen LogP contribution >= 0.6 is 0 Å². The van der Waals surface area contributed by atoms with Gasteiger partial charge in [0.1, 0.15) is 5.75 Å². The van der Waals surface area contributed by atoms with Crippen LogP contribution in [0.15, 0.2) is 40.4 Å². The monoisotopic (exact) mass is 291 g/mol. The van der Waals surface area contributed by atoms with Crippen LogP contribution in [0.3, 0.4) is 0 Å². The lowest BCUT2D eigenvalue weighted by Gasteiger charge is -2.12. The first kappa shape index (κ1) is 13.6. The molecule has 0 saturated carbocycles. The number of alkyl halides is 3. The lowest BCUT2D eigenvalue weighted by molar-refractivity contribution is -0.138. The van der Waals surface area contributed by atoms with Crippen LogP contribution in [-0.4, -0.2) is 13.6 Å². The lowest BCUT2D eigenvalue weighted by atomic mass is 10.2. The van der Waals surface area contributed by atoms with Crippen molar-refractivity contribution in [3.05, 3.63) is 40.9 Å². The topological polar surface area (TPSA) is 55.7 Å². The third kappa shape index (κ3) is 2.78. The Morgan fingerprint density at radius 3 is 2.37 bits per heavy atom. The zero-order valence-corrected chi connectivity index (χ0v) is 10.4. The molecule has 1 aromatic carbocycles. The van der Waals surface area contributed by atoms with E-state index < -0.39 is 32.6 Å². The Balaban J connectivity index is 2.40. The summed E-state index contributed by atoms with van der Waals surface area (Å²) in [6.45, 7) is 1.41. The van der Waals surface area contributed by atoms with Gasteiger partial charge in [-0.3, -0.25) is 0 Å². The molecule has 1 aliphatic rings.